The molecule has 150 valence electrons. The van der Waals surface area contributed by atoms with E-state index in [1.165, 1.54) is 6.08 Å². The van der Waals surface area contributed by atoms with Gasteiger partial charge in [0.05, 0.1) is 18.7 Å². The summed E-state index contributed by atoms with van der Waals surface area (Å²) in [5.41, 5.74) is 2.96. The predicted octanol–water partition coefficient (Wildman–Crippen LogP) is 4.49. The molecule has 1 amide bonds. The maximum atomic E-state index is 12.4. The molecule has 0 atom stereocenters. The van der Waals surface area contributed by atoms with Gasteiger partial charge in [0.15, 0.2) is 11.5 Å². The van der Waals surface area contributed by atoms with Crippen LogP contribution in [0.25, 0.3) is 6.08 Å². The summed E-state index contributed by atoms with van der Waals surface area (Å²) in [5.74, 6) is 0.949. The molecule has 28 heavy (non-hydrogen) atoms. The van der Waals surface area contributed by atoms with Crippen LogP contribution in [-0.2, 0) is 11.3 Å². The third kappa shape index (κ3) is 5.67. The van der Waals surface area contributed by atoms with Crippen LogP contribution in [-0.4, -0.2) is 45.7 Å². The van der Waals surface area contributed by atoms with Crippen molar-refractivity contribution in [3.8, 4) is 11.5 Å². The lowest BCUT2D eigenvalue weighted by Crippen LogP contribution is -2.24. The average molecular weight is 403 g/mol. The third-order valence-electron chi connectivity index (χ3n) is 4.21. The minimum absolute atomic E-state index is 0.0966. The van der Waals surface area contributed by atoms with Crippen LogP contribution in [0.5, 0.6) is 11.5 Å². The number of methoxy groups -OCH3 is 1. The zero-order valence-electron chi connectivity index (χ0n) is 17.0. The molecular weight excluding hydrogens is 376 g/mol. The molecule has 0 N–H and O–H groups in total. The molecule has 0 unspecified atom stereocenters. The molecule has 5 nitrogen and oxygen atoms in total. The van der Waals surface area contributed by atoms with Crippen LogP contribution in [0.4, 0.5) is 5.69 Å². The molecule has 0 aliphatic heterocycles. The first-order valence-corrected chi connectivity index (χ1v) is 9.43. The summed E-state index contributed by atoms with van der Waals surface area (Å²) in [7, 11) is 7.33. The van der Waals surface area contributed by atoms with Crippen LogP contribution < -0.4 is 14.4 Å². The fraction of sp³-hybridized carbons (Fsp3) is 0.318. The summed E-state index contributed by atoms with van der Waals surface area (Å²) in [5, 5.41) is 0.447. The van der Waals surface area contributed by atoms with Crippen molar-refractivity contribution >= 4 is 29.3 Å². The second kappa shape index (κ2) is 10.0. The van der Waals surface area contributed by atoms with E-state index in [9.17, 15) is 4.79 Å². The second-order valence-corrected chi connectivity index (χ2v) is 6.96. The SMILES string of the molecule is CCOc1c(Cl)cc(/C=C/C(=O)N(C)Cc2ccc(N(C)C)cc2)cc1OC. The molecule has 0 aliphatic carbocycles. The minimum Gasteiger partial charge on any atom is -0.493 e. The Morgan fingerprint density at radius 1 is 1.14 bits per heavy atom. The molecule has 0 aromatic heterocycles. The summed E-state index contributed by atoms with van der Waals surface area (Å²) < 4.78 is 10.8. The van der Waals surface area contributed by atoms with Crippen molar-refractivity contribution in [3.63, 3.8) is 0 Å². The van der Waals surface area contributed by atoms with E-state index in [4.69, 9.17) is 21.1 Å². The van der Waals surface area contributed by atoms with Gasteiger partial charge in [-0.05, 0) is 48.4 Å². The summed E-state index contributed by atoms with van der Waals surface area (Å²) >= 11 is 6.27. The molecule has 0 radical (unpaired) electrons. The van der Waals surface area contributed by atoms with Crippen LogP contribution in [0.2, 0.25) is 5.02 Å². The van der Waals surface area contributed by atoms with E-state index in [1.807, 2.05) is 50.2 Å². The number of nitrogens with zero attached hydrogens (tertiary/aromatic N) is 2. The lowest BCUT2D eigenvalue weighted by atomic mass is 10.1. The minimum atomic E-state index is -0.0966. The van der Waals surface area contributed by atoms with Crippen molar-refractivity contribution in [2.45, 2.75) is 13.5 Å². The predicted molar refractivity (Wildman–Crippen MR) is 115 cm³/mol. The van der Waals surface area contributed by atoms with Crippen molar-refractivity contribution in [1.29, 1.82) is 0 Å². The van der Waals surface area contributed by atoms with Crippen LogP contribution in [0.3, 0.4) is 0 Å². The van der Waals surface area contributed by atoms with E-state index in [0.29, 0.717) is 29.7 Å². The van der Waals surface area contributed by atoms with Gasteiger partial charge in [0.25, 0.3) is 0 Å². The normalized spacial score (nSPS) is 10.8. The van der Waals surface area contributed by atoms with Crippen LogP contribution in [0.1, 0.15) is 18.1 Å². The van der Waals surface area contributed by atoms with Crippen molar-refractivity contribution in [1.82, 2.24) is 4.90 Å². The Morgan fingerprint density at radius 2 is 1.82 bits per heavy atom. The zero-order valence-corrected chi connectivity index (χ0v) is 17.8. The van der Waals surface area contributed by atoms with E-state index in [-0.39, 0.29) is 5.91 Å². The van der Waals surface area contributed by atoms with Gasteiger partial charge < -0.3 is 19.3 Å². The number of anilines is 1. The molecule has 0 spiro atoms. The van der Waals surface area contributed by atoms with Crippen molar-refractivity contribution in [2.75, 3.05) is 39.8 Å². The van der Waals surface area contributed by atoms with Crippen molar-refractivity contribution in [2.24, 2.45) is 0 Å². The molecule has 0 fully saturated rings. The van der Waals surface area contributed by atoms with E-state index in [0.717, 1.165) is 16.8 Å². The Hall–Kier alpha value is -2.66. The maximum absolute atomic E-state index is 12.4. The topological polar surface area (TPSA) is 42.0 Å². The van der Waals surface area contributed by atoms with Crippen LogP contribution >= 0.6 is 11.6 Å². The quantitative estimate of drug-likeness (QED) is 0.610. The molecule has 2 aromatic carbocycles. The van der Waals surface area contributed by atoms with Gasteiger partial charge in [-0.1, -0.05) is 23.7 Å². The summed E-state index contributed by atoms with van der Waals surface area (Å²) in [6.07, 6.45) is 3.25. The highest BCUT2D eigenvalue weighted by molar-refractivity contribution is 6.32. The van der Waals surface area contributed by atoms with Crippen molar-refractivity contribution in [3.05, 3.63) is 58.6 Å². The van der Waals surface area contributed by atoms with Gasteiger partial charge in [-0.25, -0.2) is 0 Å². The zero-order chi connectivity index (χ0) is 20.7. The molecule has 6 heteroatoms. The lowest BCUT2D eigenvalue weighted by Gasteiger charge is -2.17. The molecule has 2 aromatic rings. The van der Waals surface area contributed by atoms with Crippen LogP contribution in [0.15, 0.2) is 42.5 Å². The van der Waals surface area contributed by atoms with E-state index < -0.39 is 0 Å². The van der Waals surface area contributed by atoms with Gasteiger partial charge in [-0.15, -0.1) is 0 Å². The first-order valence-electron chi connectivity index (χ1n) is 9.05. The number of rotatable bonds is 8. The Labute approximate surface area is 172 Å². The summed E-state index contributed by atoms with van der Waals surface area (Å²) in [6, 6.07) is 11.7. The van der Waals surface area contributed by atoms with E-state index in [2.05, 4.69) is 0 Å². The summed E-state index contributed by atoms with van der Waals surface area (Å²) in [4.78, 5) is 16.1. The molecule has 0 heterocycles. The second-order valence-electron chi connectivity index (χ2n) is 6.56. The Morgan fingerprint density at radius 3 is 2.39 bits per heavy atom. The number of benzene rings is 2. The summed E-state index contributed by atoms with van der Waals surface area (Å²) in [6.45, 7) is 2.90. The number of ether oxygens (including phenoxy) is 2. The largest absolute Gasteiger partial charge is 0.493 e. The number of amides is 1. The Bertz CT molecular complexity index is 832. The van der Waals surface area contributed by atoms with Gasteiger partial charge in [-0.3, -0.25) is 4.79 Å². The lowest BCUT2D eigenvalue weighted by molar-refractivity contribution is -0.125. The van der Waals surface area contributed by atoms with Gasteiger partial charge in [0, 0.05) is 39.5 Å². The van der Waals surface area contributed by atoms with E-state index in [1.54, 1.807) is 37.3 Å². The van der Waals surface area contributed by atoms with Crippen molar-refractivity contribution < 1.29 is 14.3 Å². The number of carbonyl (C=O) groups excluding carboxylic acids is 1. The van der Waals surface area contributed by atoms with Crippen LogP contribution in [0, 0.1) is 0 Å². The third-order valence-corrected chi connectivity index (χ3v) is 4.49. The Kier molecular flexibility index (Phi) is 7.76. The average Bonchev–Trinajstić information content (AvgIpc) is 2.68. The standard InChI is InChI=1S/C22H27ClN2O3/c1-6-28-22-19(23)13-17(14-20(22)27-5)9-12-21(26)25(4)15-16-7-10-18(11-8-16)24(2)3/h7-14H,6,15H2,1-5H3/b12-9+. The number of hydrogen-bond donors (Lipinski definition) is 0. The number of likely N-dealkylation sites (N-methyl/N-ethyl adjacent to an activating group) is 1. The molecule has 0 bridgehead atoms. The highest BCUT2D eigenvalue weighted by atomic mass is 35.5. The Balaban J connectivity index is 2.06. The van der Waals surface area contributed by atoms with Gasteiger partial charge in [0.1, 0.15) is 0 Å². The van der Waals surface area contributed by atoms with Gasteiger partial charge in [0.2, 0.25) is 5.91 Å². The molecule has 0 aliphatic rings. The first kappa shape index (κ1) is 21.6. The first-order chi connectivity index (χ1) is 13.3. The number of halogens is 1. The number of carbonyl (C=O) groups is 1. The van der Waals surface area contributed by atoms with Gasteiger partial charge >= 0.3 is 0 Å². The highest BCUT2D eigenvalue weighted by Gasteiger charge is 2.11. The molecule has 0 saturated carbocycles. The fourth-order valence-electron chi connectivity index (χ4n) is 2.67. The van der Waals surface area contributed by atoms with E-state index >= 15 is 0 Å². The maximum Gasteiger partial charge on any atom is 0.246 e. The monoisotopic (exact) mass is 402 g/mol. The molecule has 2 rings (SSSR count). The van der Waals surface area contributed by atoms with Gasteiger partial charge in [-0.2, -0.15) is 0 Å². The molecule has 0 saturated heterocycles. The highest BCUT2D eigenvalue weighted by Crippen LogP contribution is 2.36. The number of hydrogen-bond acceptors (Lipinski definition) is 4. The smallest absolute Gasteiger partial charge is 0.246 e. The fourth-order valence-corrected chi connectivity index (χ4v) is 2.94. The molecular formula is C22H27ClN2O3.